The van der Waals surface area contributed by atoms with Gasteiger partial charge in [-0.25, -0.2) is 9.78 Å². The molecular weight excluding hydrogens is 368 g/mol. The van der Waals surface area contributed by atoms with Crippen molar-refractivity contribution in [2.75, 3.05) is 13.1 Å². The summed E-state index contributed by atoms with van der Waals surface area (Å²) in [6, 6.07) is 8.77. The lowest BCUT2D eigenvalue weighted by Crippen LogP contribution is -2.55. The van der Waals surface area contributed by atoms with E-state index in [0.29, 0.717) is 36.6 Å². The Morgan fingerprint density at radius 2 is 1.93 bits per heavy atom. The number of pyridine rings is 1. The third kappa shape index (κ3) is 3.38. The first-order valence-corrected chi connectivity index (χ1v) is 9.00. The molecule has 0 bridgehead atoms. The Labute approximate surface area is 160 Å². The highest BCUT2D eigenvalue weighted by Gasteiger charge is 2.48. The van der Waals surface area contributed by atoms with E-state index < -0.39 is 11.6 Å². The molecule has 0 radical (unpaired) electrons. The van der Waals surface area contributed by atoms with Crippen molar-refractivity contribution in [1.29, 1.82) is 0 Å². The van der Waals surface area contributed by atoms with Gasteiger partial charge in [0.05, 0.1) is 11.2 Å². The third-order valence-corrected chi connectivity index (χ3v) is 5.25. The maximum atomic E-state index is 12.4. The number of likely N-dealkylation sites (tertiary alicyclic amines) is 1. The van der Waals surface area contributed by atoms with Gasteiger partial charge in [0.1, 0.15) is 5.54 Å². The highest BCUT2D eigenvalue weighted by molar-refractivity contribution is 6.31. The van der Waals surface area contributed by atoms with Crippen LogP contribution in [0, 0.1) is 0 Å². The van der Waals surface area contributed by atoms with E-state index in [0.717, 1.165) is 10.9 Å². The number of amides is 4. The minimum Gasteiger partial charge on any atom is -0.339 e. The topological polar surface area (TPSA) is 91.4 Å². The van der Waals surface area contributed by atoms with Crippen LogP contribution in [0.4, 0.5) is 4.79 Å². The van der Waals surface area contributed by atoms with Crippen LogP contribution < -0.4 is 10.6 Å². The van der Waals surface area contributed by atoms with Crippen molar-refractivity contribution in [3.05, 3.63) is 47.1 Å². The zero-order valence-corrected chi connectivity index (χ0v) is 15.1. The number of hydrogen-bond donors (Lipinski definition) is 2. The predicted octanol–water partition coefficient (Wildman–Crippen LogP) is 2.10. The molecule has 2 saturated heterocycles. The standard InChI is InChI=1S/C19H17ClN4O3/c20-13-3-1-12-2-4-14(21-15(12)11-13)5-6-16(25)24-9-7-19(8-10-24)17(26)22-18(27)23-19/h1-6,11H,7-10H2,(H2,22,23,26,27). The first kappa shape index (κ1) is 17.5. The van der Waals surface area contributed by atoms with Gasteiger partial charge in [0, 0.05) is 29.6 Å². The van der Waals surface area contributed by atoms with Crippen LogP contribution in [0.3, 0.4) is 0 Å². The molecule has 4 amide bonds. The summed E-state index contributed by atoms with van der Waals surface area (Å²) < 4.78 is 0. The Balaban J connectivity index is 1.42. The summed E-state index contributed by atoms with van der Waals surface area (Å²) in [7, 11) is 0. The van der Waals surface area contributed by atoms with Crippen LogP contribution in [0.25, 0.3) is 17.0 Å². The number of carbonyl (C=O) groups is 3. The quantitative estimate of drug-likeness (QED) is 0.612. The Bertz CT molecular complexity index is 980. The van der Waals surface area contributed by atoms with Crippen molar-refractivity contribution < 1.29 is 14.4 Å². The molecule has 1 spiro atoms. The molecule has 7 nitrogen and oxygen atoms in total. The van der Waals surface area contributed by atoms with Crippen LogP contribution in [0.15, 0.2) is 36.4 Å². The summed E-state index contributed by atoms with van der Waals surface area (Å²) in [5.41, 5.74) is 0.547. The van der Waals surface area contributed by atoms with Crippen LogP contribution >= 0.6 is 11.6 Å². The lowest BCUT2D eigenvalue weighted by molar-refractivity contribution is -0.132. The number of carbonyl (C=O) groups excluding carboxylic acids is 3. The fourth-order valence-electron chi connectivity index (χ4n) is 3.45. The zero-order chi connectivity index (χ0) is 19.0. The molecule has 2 aromatic rings. The van der Waals surface area contributed by atoms with Crippen LogP contribution in [-0.4, -0.2) is 46.4 Å². The number of imide groups is 1. The maximum Gasteiger partial charge on any atom is 0.322 e. The van der Waals surface area contributed by atoms with Gasteiger partial charge >= 0.3 is 6.03 Å². The van der Waals surface area contributed by atoms with Crippen LogP contribution in [0.5, 0.6) is 0 Å². The molecule has 3 heterocycles. The number of nitrogens with one attached hydrogen (secondary N) is 2. The van der Waals surface area contributed by atoms with Crippen LogP contribution in [-0.2, 0) is 9.59 Å². The Kier molecular flexibility index (Phi) is 4.31. The SMILES string of the molecule is O=C1NC(=O)C2(CCN(C(=O)C=Cc3ccc4ccc(Cl)cc4n3)CC2)N1. The second kappa shape index (κ2) is 6.66. The fourth-order valence-corrected chi connectivity index (χ4v) is 3.62. The number of hydrogen-bond acceptors (Lipinski definition) is 4. The number of rotatable bonds is 2. The van der Waals surface area contributed by atoms with E-state index in [-0.39, 0.29) is 11.8 Å². The van der Waals surface area contributed by atoms with Gasteiger partial charge in [0.15, 0.2) is 0 Å². The molecule has 0 aliphatic carbocycles. The molecule has 8 heteroatoms. The van der Waals surface area contributed by atoms with E-state index in [4.69, 9.17) is 11.6 Å². The van der Waals surface area contributed by atoms with E-state index >= 15 is 0 Å². The first-order chi connectivity index (χ1) is 12.9. The zero-order valence-electron chi connectivity index (χ0n) is 14.4. The monoisotopic (exact) mass is 384 g/mol. The average molecular weight is 385 g/mol. The number of benzene rings is 1. The molecule has 0 saturated carbocycles. The van der Waals surface area contributed by atoms with Gasteiger partial charge < -0.3 is 10.2 Å². The first-order valence-electron chi connectivity index (χ1n) is 8.62. The average Bonchev–Trinajstić information content (AvgIpc) is 2.92. The number of urea groups is 1. The van der Waals surface area contributed by atoms with Gasteiger partial charge in [-0.05, 0) is 37.1 Å². The van der Waals surface area contributed by atoms with Gasteiger partial charge in [-0.3, -0.25) is 14.9 Å². The lowest BCUT2D eigenvalue weighted by Gasteiger charge is -2.36. The highest BCUT2D eigenvalue weighted by Crippen LogP contribution is 2.25. The molecule has 0 atom stereocenters. The molecule has 2 fully saturated rings. The molecule has 2 aliphatic rings. The Morgan fingerprint density at radius 3 is 2.63 bits per heavy atom. The van der Waals surface area contributed by atoms with E-state index in [1.54, 1.807) is 23.1 Å². The van der Waals surface area contributed by atoms with Gasteiger partial charge in [0.2, 0.25) is 5.91 Å². The van der Waals surface area contributed by atoms with Crippen LogP contribution in [0.2, 0.25) is 5.02 Å². The van der Waals surface area contributed by atoms with Crippen molar-refractivity contribution in [3.8, 4) is 0 Å². The number of aromatic nitrogens is 1. The highest BCUT2D eigenvalue weighted by atomic mass is 35.5. The van der Waals surface area contributed by atoms with Gasteiger partial charge in [0.25, 0.3) is 5.91 Å². The minimum atomic E-state index is -0.878. The van der Waals surface area contributed by atoms with E-state index in [1.165, 1.54) is 6.08 Å². The summed E-state index contributed by atoms with van der Waals surface area (Å²) in [5.74, 6) is -0.461. The van der Waals surface area contributed by atoms with E-state index in [2.05, 4.69) is 15.6 Å². The molecule has 2 N–H and O–H groups in total. The number of fused-ring (bicyclic) bond motifs is 1. The van der Waals surface area contributed by atoms with E-state index in [9.17, 15) is 14.4 Å². The number of nitrogens with zero attached hydrogens (tertiary/aromatic N) is 2. The van der Waals surface area contributed by atoms with Crippen molar-refractivity contribution in [2.24, 2.45) is 0 Å². The van der Waals surface area contributed by atoms with Gasteiger partial charge in [-0.2, -0.15) is 0 Å². The third-order valence-electron chi connectivity index (χ3n) is 5.02. The van der Waals surface area contributed by atoms with Crippen molar-refractivity contribution >= 4 is 46.4 Å². The maximum absolute atomic E-state index is 12.4. The smallest absolute Gasteiger partial charge is 0.322 e. The summed E-state index contributed by atoms with van der Waals surface area (Å²) >= 11 is 6.00. The van der Waals surface area contributed by atoms with Gasteiger partial charge in [-0.1, -0.05) is 23.7 Å². The lowest BCUT2D eigenvalue weighted by atomic mass is 9.87. The Hall–Kier alpha value is -2.93. The molecule has 27 heavy (non-hydrogen) atoms. The van der Waals surface area contributed by atoms with Crippen molar-refractivity contribution in [3.63, 3.8) is 0 Å². The molecule has 1 aromatic carbocycles. The van der Waals surface area contributed by atoms with Crippen molar-refractivity contribution in [1.82, 2.24) is 20.5 Å². The van der Waals surface area contributed by atoms with Crippen molar-refractivity contribution in [2.45, 2.75) is 18.4 Å². The fraction of sp³-hybridized carbons (Fsp3) is 0.263. The summed E-state index contributed by atoms with van der Waals surface area (Å²) in [5, 5.41) is 6.53. The Morgan fingerprint density at radius 1 is 1.19 bits per heavy atom. The summed E-state index contributed by atoms with van der Waals surface area (Å²) in [6.07, 6.45) is 3.94. The normalized spacial score (nSPS) is 18.9. The number of halogens is 1. The molecule has 4 rings (SSSR count). The van der Waals surface area contributed by atoms with E-state index in [1.807, 2.05) is 18.2 Å². The largest absolute Gasteiger partial charge is 0.339 e. The molecule has 138 valence electrons. The minimum absolute atomic E-state index is 0.150. The van der Waals surface area contributed by atoms with Crippen LogP contribution in [0.1, 0.15) is 18.5 Å². The summed E-state index contributed by atoms with van der Waals surface area (Å²) in [4.78, 5) is 41.9. The molecule has 2 aliphatic heterocycles. The summed E-state index contributed by atoms with van der Waals surface area (Å²) in [6.45, 7) is 0.801. The second-order valence-electron chi connectivity index (χ2n) is 6.72. The molecule has 1 aromatic heterocycles. The second-order valence-corrected chi connectivity index (χ2v) is 7.16. The number of piperidine rings is 1. The molecule has 0 unspecified atom stereocenters. The predicted molar refractivity (Wildman–Crippen MR) is 101 cm³/mol. The molecular formula is C19H17ClN4O3. The van der Waals surface area contributed by atoms with Gasteiger partial charge in [-0.15, -0.1) is 0 Å².